The van der Waals surface area contributed by atoms with Crippen molar-refractivity contribution in [1.82, 2.24) is 16.0 Å². The van der Waals surface area contributed by atoms with Gasteiger partial charge in [0, 0.05) is 50.0 Å². The molecule has 0 saturated carbocycles. The number of carbonyl (C=O) groups excluding carboxylic acids is 1. The van der Waals surface area contributed by atoms with E-state index < -0.39 is 0 Å². The molecule has 1 saturated heterocycles. The first-order valence-corrected chi connectivity index (χ1v) is 11.2. The monoisotopic (exact) mass is 421 g/mol. The Morgan fingerprint density at radius 2 is 2.00 bits per heavy atom. The summed E-state index contributed by atoms with van der Waals surface area (Å²) in [6.45, 7) is 8.79. The van der Waals surface area contributed by atoms with E-state index >= 15 is 0 Å². The summed E-state index contributed by atoms with van der Waals surface area (Å²) >= 11 is 0. The number of nitrogens with one attached hydrogen (secondary N) is 3. The molecule has 1 aliphatic rings. The summed E-state index contributed by atoms with van der Waals surface area (Å²) in [5, 5.41) is 9.94. The lowest BCUT2D eigenvalue weighted by molar-refractivity contribution is 0.0939. The maximum Gasteiger partial charge on any atom is 0.251 e. The molecule has 1 heterocycles. The normalized spacial score (nSPS) is 17.4. The number of benzene rings is 2. The summed E-state index contributed by atoms with van der Waals surface area (Å²) in [4.78, 5) is 19.2. The first-order chi connectivity index (χ1) is 15.0. The molecule has 0 aromatic heterocycles. The molecule has 6 heteroatoms. The van der Waals surface area contributed by atoms with Crippen LogP contribution in [0.4, 0.5) is 5.69 Å². The molecule has 1 aliphatic heterocycles. The minimum atomic E-state index is -0.0270. The number of aryl methyl sites for hydroxylation is 1. The van der Waals surface area contributed by atoms with Gasteiger partial charge in [-0.2, -0.15) is 0 Å². The highest BCUT2D eigenvalue weighted by molar-refractivity contribution is 5.94. The Labute approximate surface area is 186 Å². The predicted molar refractivity (Wildman–Crippen MR) is 129 cm³/mol. The van der Waals surface area contributed by atoms with Gasteiger partial charge in [-0.25, -0.2) is 0 Å². The van der Waals surface area contributed by atoms with Crippen molar-refractivity contribution in [2.75, 3.05) is 25.0 Å². The maximum atomic E-state index is 12.4. The van der Waals surface area contributed by atoms with Crippen LogP contribution in [0.25, 0.3) is 0 Å². The number of hydrogen-bond donors (Lipinski definition) is 3. The van der Waals surface area contributed by atoms with Crippen LogP contribution < -0.4 is 20.9 Å². The second kappa shape index (κ2) is 10.8. The van der Waals surface area contributed by atoms with E-state index in [9.17, 15) is 4.79 Å². The average molecular weight is 422 g/mol. The summed E-state index contributed by atoms with van der Waals surface area (Å²) in [6.07, 6.45) is 1.98. The van der Waals surface area contributed by atoms with Gasteiger partial charge in [0.25, 0.3) is 5.91 Å². The molecular formula is C25H35N5O. The molecule has 3 N–H and O–H groups in total. The fourth-order valence-corrected chi connectivity index (χ4v) is 3.67. The SMILES string of the molecule is CCC(C)NC(=O)c1cccc(CNC(=NC)NC2CCN(c3ccc(C)cc3)C2)c1. The van der Waals surface area contributed by atoms with Gasteiger partial charge in [-0.3, -0.25) is 9.79 Å². The lowest BCUT2D eigenvalue weighted by Crippen LogP contribution is -2.44. The largest absolute Gasteiger partial charge is 0.369 e. The molecule has 0 spiro atoms. The van der Waals surface area contributed by atoms with Crippen molar-refractivity contribution in [3.05, 3.63) is 65.2 Å². The van der Waals surface area contributed by atoms with Crippen LogP contribution in [0.15, 0.2) is 53.5 Å². The first-order valence-electron chi connectivity index (χ1n) is 11.2. The number of carbonyl (C=O) groups is 1. The number of rotatable bonds is 7. The van der Waals surface area contributed by atoms with E-state index in [2.05, 4.69) is 64.0 Å². The Bertz CT molecular complexity index is 893. The molecule has 2 unspecified atom stereocenters. The van der Waals surface area contributed by atoms with Gasteiger partial charge in [-0.15, -0.1) is 0 Å². The Hall–Kier alpha value is -3.02. The second-order valence-corrected chi connectivity index (χ2v) is 8.32. The third-order valence-corrected chi connectivity index (χ3v) is 5.79. The van der Waals surface area contributed by atoms with Crippen LogP contribution in [0, 0.1) is 6.92 Å². The molecular weight excluding hydrogens is 386 g/mol. The third-order valence-electron chi connectivity index (χ3n) is 5.79. The Balaban J connectivity index is 1.51. The minimum absolute atomic E-state index is 0.0270. The van der Waals surface area contributed by atoms with E-state index in [4.69, 9.17) is 0 Å². The van der Waals surface area contributed by atoms with Crippen molar-refractivity contribution in [2.24, 2.45) is 4.99 Å². The van der Waals surface area contributed by atoms with Gasteiger partial charge in [-0.05, 0) is 56.5 Å². The zero-order chi connectivity index (χ0) is 22.2. The van der Waals surface area contributed by atoms with E-state index in [-0.39, 0.29) is 11.9 Å². The molecule has 2 atom stereocenters. The van der Waals surface area contributed by atoms with Crippen molar-refractivity contribution in [2.45, 2.75) is 52.2 Å². The van der Waals surface area contributed by atoms with Crippen molar-refractivity contribution >= 4 is 17.6 Å². The van der Waals surface area contributed by atoms with Crippen LogP contribution in [0.2, 0.25) is 0 Å². The molecule has 6 nitrogen and oxygen atoms in total. The molecule has 3 rings (SSSR count). The summed E-state index contributed by atoms with van der Waals surface area (Å²) in [7, 11) is 1.79. The van der Waals surface area contributed by atoms with E-state index in [1.807, 2.05) is 31.2 Å². The van der Waals surface area contributed by atoms with E-state index in [0.717, 1.165) is 37.5 Å². The Morgan fingerprint density at radius 3 is 2.71 bits per heavy atom. The quantitative estimate of drug-likeness (QED) is 0.473. The third kappa shape index (κ3) is 6.48. The summed E-state index contributed by atoms with van der Waals surface area (Å²) in [6, 6.07) is 17.0. The Morgan fingerprint density at radius 1 is 1.23 bits per heavy atom. The van der Waals surface area contributed by atoms with Crippen LogP contribution in [-0.4, -0.2) is 44.1 Å². The fraction of sp³-hybridized carbons (Fsp3) is 0.440. The minimum Gasteiger partial charge on any atom is -0.369 e. The van der Waals surface area contributed by atoms with Crippen LogP contribution in [0.1, 0.15) is 48.2 Å². The zero-order valence-corrected chi connectivity index (χ0v) is 19.1. The second-order valence-electron chi connectivity index (χ2n) is 8.32. The zero-order valence-electron chi connectivity index (χ0n) is 19.1. The summed E-state index contributed by atoms with van der Waals surface area (Å²) in [5.41, 5.74) is 4.29. The highest BCUT2D eigenvalue weighted by Gasteiger charge is 2.23. The van der Waals surface area contributed by atoms with Crippen LogP contribution >= 0.6 is 0 Å². The van der Waals surface area contributed by atoms with Crippen LogP contribution in [0.3, 0.4) is 0 Å². The lowest BCUT2D eigenvalue weighted by atomic mass is 10.1. The molecule has 0 radical (unpaired) electrons. The average Bonchev–Trinajstić information content (AvgIpc) is 3.25. The highest BCUT2D eigenvalue weighted by atomic mass is 16.1. The van der Waals surface area contributed by atoms with Crippen molar-refractivity contribution < 1.29 is 4.79 Å². The standard InChI is InChI=1S/C25H35N5O/c1-5-19(3)28-24(31)21-8-6-7-20(15-21)16-27-25(26-4)29-22-13-14-30(17-22)23-11-9-18(2)10-12-23/h6-12,15,19,22H,5,13-14,16-17H2,1-4H3,(H,28,31)(H2,26,27,29). The molecule has 2 aromatic carbocycles. The van der Waals surface area contributed by atoms with Crippen molar-refractivity contribution in [1.29, 1.82) is 0 Å². The van der Waals surface area contributed by atoms with Crippen molar-refractivity contribution in [3.8, 4) is 0 Å². The van der Waals surface area contributed by atoms with Gasteiger partial charge in [-0.1, -0.05) is 36.8 Å². The highest BCUT2D eigenvalue weighted by Crippen LogP contribution is 2.20. The van der Waals surface area contributed by atoms with Gasteiger partial charge in [0.05, 0.1) is 0 Å². The van der Waals surface area contributed by atoms with Gasteiger partial charge >= 0.3 is 0 Å². The van der Waals surface area contributed by atoms with Crippen LogP contribution in [0.5, 0.6) is 0 Å². The number of anilines is 1. The fourth-order valence-electron chi connectivity index (χ4n) is 3.67. The number of hydrogen-bond acceptors (Lipinski definition) is 3. The first kappa shape index (κ1) is 22.7. The topological polar surface area (TPSA) is 68.8 Å². The molecule has 0 bridgehead atoms. The number of nitrogens with zero attached hydrogens (tertiary/aromatic N) is 2. The summed E-state index contributed by atoms with van der Waals surface area (Å²) < 4.78 is 0. The smallest absolute Gasteiger partial charge is 0.251 e. The van der Waals surface area contributed by atoms with Gasteiger partial charge < -0.3 is 20.9 Å². The molecule has 0 aliphatic carbocycles. The molecule has 31 heavy (non-hydrogen) atoms. The van der Waals surface area contributed by atoms with Gasteiger partial charge in [0.2, 0.25) is 0 Å². The molecule has 2 aromatic rings. The van der Waals surface area contributed by atoms with Crippen molar-refractivity contribution in [3.63, 3.8) is 0 Å². The Kier molecular flexibility index (Phi) is 7.93. The molecule has 1 amide bonds. The predicted octanol–water partition coefficient (Wildman–Crippen LogP) is 3.47. The lowest BCUT2D eigenvalue weighted by Gasteiger charge is -2.20. The van der Waals surface area contributed by atoms with E-state index in [1.54, 1.807) is 7.05 Å². The van der Waals surface area contributed by atoms with Gasteiger partial charge in [0.15, 0.2) is 5.96 Å². The number of aliphatic imine (C=N–C) groups is 1. The van der Waals surface area contributed by atoms with Crippen LogP contribution in [-0.2, 0) is 6.54 Å². The molecule has 1 fully saturated rings. The van der Waals surface area contributed by atoms with E-state index in [0.29, 0.717) is 18.2 Å². The number of guanidine groups is 1. The maximum absolute atomic E-state index is 12.4. The van der Waals surface area contributed by atoms with E-state index in [1.165, 1.54) is 11.3 Å². The summed E-state index contributed by atoms with van der Waals surface area (Å²) in [5.74, 6) is 0.756. The molecule has 166 valence electrons. The van der Waals surface area contributed by atoms with Gasteiger partial charge in [0.1, 0.15) is 0 Å². The number of amides is 1.